The molecule has 1 aromatic carbocycles. The molecule has 2 N–H and O–H groups in total. The van der Waals surface area contributed by atoms with Crippen LogP contribution in [0.4, 0.5) is 5.69 Å². The van der Waals surface area contributed by atoms with Gasteiger partial charge in [0.25, 0.3) is 0 Å². The molecule has 0 radical (unpaired) electrons. The van der Waals surface area contributed by atoms with Crippen molar-refractivity contribution in [3.63, 3.8) is 0 Å². The highest BCUT2D eigenvalue weighted by Gasteiger charge is 1.99. The van der Waals surface area contributed by atoms with E-state index in [2.05, 4.69) is 16.6 Å². The number of thiocarbonyl (C=S) groups is 1. The van der Waals surface area contributed by atoms with E-state index in [0.717, 1.165) is 11.3 Å². The molecule has 4 heteroatoms. The molecule has 0 bridgehead atoms. The molecule has 0 aromatic heterocycles. The van der Waals surface area contributed by atoms with E-state index in [4.69, 9.17) is 30.2 Å². The molecule has 0 spiro atoms. The maximum absolute atomic E-state index is 5.97. The number of halogens is 1. The van der Waals surface area contributed by atoms with E-state index in [1.54, 1.807) is 0 Å². The quantitative estimate of drug-likeness (QED) is 0.612. The van der Waals surface area contributed by atoms with Gasteiger partial charge in [-0.25, -0.2) is 0 Å². The number of anilines is 1. The third-order valence-corrected chi connectivity index (χ3v) is 2.43. The fourth-order valence-corrected chi connectivity index (χ4v) is 1.35. The first-order valence-electron chi connectivity index (χ1n) is 4.38. The lowest BCUT2D eigenvalue weighted by Gasteiger charge is -2.09. The molecule has 0 aliphatic rings. The second-order valence-electron chi connectivity index (χ2n) is 2.98. The Hall–Kier alpha value is -1.24. The zero-order valence-electron chi connectivity index (χ0n) is 8.30. The van der Waals surface area contributed by atoms with E-state index >= 15 is 0 Å². The van der Waals surface area contributed by atoms with E-state index in [1.807, 2.05) is 25.1 Å². The van der Waals surface area contributed by atoms with Gasteiger partial charge in [-0.15, -0.1) is 6.42 Å². The van der Waals surface area contributed by atoms with Gasteiger partial charge < -0.3 is 10.6 Å². The largest absolute Gasteiger partial charge is 0.352 e. The van der Waals surface area contributed by atoms with Gasteiger partial charge in [0.2, 0.25) is 0 Å². The number of terminal acetylenes is 1. The van der Waals surface area contributed by atoms with Crippen LogP contribution >= 0.6 is 23.8 Å². The second kappa shape index (κ2) is 5.59. The number of hydrogen-bond acceptors (Lipinski definition) is 1. The van der Waals surface area contributed by atoms with Crippen LogP contribution in [0.2, 0.25) is 5.02 Å². The maximum atomic E-state index is 5.97. The van der Waals surface area contributed by atoms with E-state index in [9.17, 15) is 0 Å². The fourth-order valence-electron chi connectivity index (χ4n) is 0.977. The van der Waals surface area contributed by atoms with Crippen molar-refractivity contribution in [1.82, 2.24) is 5.32 Å². The summed E-state index contributed by atoms with van der Waals surface area (Å²) in [5, 5.41) is 7.04. The summed E-state index contributed by atoms with van der Waals surface area (Å²) < 4.78 is 0. The van der Waals surface area contributed by atoms with Crippen molar-refractivity contribution in [3.8, 4) is 12.3 Å². The fraction of sp³-hybridized carbons (Fsp3) is 0.182. The molecule has 0 saturated carbocycles. The predicted octanol–water partition coefficient (Wildman–Crippen LogP) is 2.57. The standard InChI is InChI=1S/C11H11ClN2S/c1-3-6-13-11(15)14-9-5-4-8(2)10(12)7-9/h1,4-5,7H,6H2,2H3,(H2,13,14,15). The van der Waals surface area contributed by atoms with Crippen molar-refractivity contribution in [3.05, 3.63) is 28.8 Å². The van der Waals surface area contributed by atoms with Gasteiger partial charge in [0.05, 0.1) is 6.54 Å². The molecular weight excluding hydrogens is 228 g/mol. The molecule has 0 saturated heterocycles. The number of benzene rings is 1. The zero-order chi connectivity index (χ0) is 11.3. The average Bonchev–Trinajstić information content (AvgIpc) is 2.20. The van der Waals surface area contributed by atoms with Crippen LogP contribution in [-0.2, 0) is 0 Å². The van der Waals surface area contributed by atoms with Crippen LogP contribution in [0.3, 0.4) is 0 Å². The lowest BCUT2D eigenvalue weighted by molar-refractivity contribution is 1.09. The van der Waals surface area contributed by atoms with Crippen molar-refractivity contribution in [1.29, 1.82) is 0 Å². The van der Waals surface area contributed by atoms with Crippen molar-refractivity contribution in [2.45, 2.75) is 6.92 Å². The third kappa shape index (κ3) is 3.78. The number of aryl methyl sites for hydroxylation is 1. The van der Waals surface area contributed by atoms with Gasteiger partial charge in [-0.3, -0.25) is 0 Å². The van der Waals surface area contributed by atoms with Crippen molar-refractivity contribution < 1.29 is 0 Å². The van der Waals surface area contributed by atoms with Crippen molar-refractivity contribution >= 4 is 34.6 Å². The minimum absolute atomic E-state index is 0.408. The Morgan fingerprint density at radius 1 is 1.60 bits per heavy atom. The number of nitrogens with one attached hydrogen (secondary N) is 2. The van der Waals surface area contributed by atoms with Gasteiger partial charge in [0, 0.05) is 10.7 Å². The minimum Gasteiger partial charge on any atom is -0.352 e. The third-order valence-electron chi connectivity index (χ3n) is 1.78. The molecule has 0 fully saturated rings. The Morgan fingerprint density at radius 3 is 2.93 bits per heavy atom. The Kier molecular flexibility index (Phi) is 4.41. The van der Waals surface area contributed by atoms with Crippen LogP contribution < -0.4 is 10.6 Å². The molecular formula is C11H11ClN2S. The first-order valence-corrected chi connectivity index (χ1v) is 5.16. The van der Waals surface area contributed by atoms with Crippen molar-refractivity contribution in [2.24, 2.45) is 0 Å². The maximum Gasteiger partial charge on any atom is 0.171 e. The molecule has 0 unspecified atom stereocenters. The Bertz CT molecular complexity index is 410. The van der Waals surface area contributed by atoms with Gasteiger partial charge in [-0.05, 0) is 36.8 Å². The lowest BCUT2D eigenvalue weighted by atomic mass is 10.2. The van der Waals surface area contributed by atoms with E-state index in [1.165, 1.54) is 0 Å². The van der Waals surface area contributed by atoms with Gasteiger partial charge in [0.15, 0.2) is 5.11 Å². The highest BCUT2D eigenvalue weighted by molar-refractivity contribution is 7.80. The highest BCUT2D eigenvalue weighted by Crippen LogP contribution is 2.19. The lowest BCUT2D eigenvalue weighted by Crippen LogP contribution is -2.28. The highest BCUT2D eigenvalue weighted by atomic mass is 35.5. The molecule has 0 aliphatic carbocycles. The van der Waals surface area contributed by atoms with Crippen LogP contribution in [0.1, 0.15) is 5.56 Å². The summed E-state index contributed by atoms with van der Waals surface area (Å²) in [5.41, 5.74) is 1.88. The summed E-state index contributed by atoms with van der Waals surface area (Å²) in [6.07, 6.45) is 5.09. The van der Waals surface area contributed by atoms with E-state index in [0.29, 0.717) is 16.7 Å². The predicted molar refractivity (Wildman–Crippen MR) is 69.2 cm³/mol. The molecule has 0 atom stereocenters. The average molecular weight is 239 g/mol. The zero-order valence-corrected chi connectivity index (χ0v) is 9.88. The first kappa shape index (κ1) is 11.8. The number of hydrogen-bond donors (Lipinski definition) is 2. The van der Waals surface area contributed by atoms with Gasteiger partial charge in [0.1, 0.15) is 0 Å². The summed E-state index contributed by atoms with van der Waals surface area (Å²) >= 11 is 11.0. The first-order chi connectivity index (χ1) is 7.13. The van der Waals surface area contributed by atoms with Crippen molar-refractivity contribution in [2.75, 3.05) is 11.9 Å². The summed E-state index contributed by atoms with van der Waals surface area (Å²) in [4.78, 5) is 0. The van der Waals surface area contributed by atoms with Crippen LogP contribution in [0.25, 0.3) is 0 Å². The molecule has 1 rings (SSSR count). The molecule has 78 valence electrons. The van der Waals surface area contributed by atoms with Crippen LogP contribution in [0.15, 0.2) is 18.2 Å². The Labute approximate surface area is 100 Å². The summed E-state index contributed by atoms with van der Waals surface area (Å²) in [6.45, 7) is 2.35. The van der Waals surface area contributed by atoms with Crippen LogP contribution in [0.5, 0.6) is 0 Å². The monoisotopic (exact) mass is 238 g/mol. The molecule has 1 aromatic rings. The van der Waals surface area contributed by atoms with E-state index < -0.39 is 0 Å². The molecule has 0 amide bonds. The molecule has 0 heterocycles. The molecule has 0 aliphatic heterocycles. The summed E-state index contributed by atoms with van der Waals surface area (Å²) in [5.74, 6) is 2.44. The van der Waals surface area contributed by atoms with Crippen LogP contribution in [-0.4, -0.2) is 11.7 Å². The van der Waals surface area contributed by atoms with Gasteiger partial charge >= 0.3 is 0 Å². The van der Waals surface area contributed by atoms with Gasteiger partial charge in [-0.1, -0.05) is 23.6 Å². The van der Waals surface area contributed by atoms with Gasteiger partial charge in [-0.2, -0.15) is 0 Å². The summed E-state index contributed by atoms with van der Waals surface area (Å²) in [7, 11) is 0. The van der Waals surface area contributed by atoms with Crippen LogP contribution in [0, 0.1) is 19.3 Å². The Balaban J connectivity index is 2.62. The molecule has 15 heavy (non-hydrogen) atoms. The van der Waals surface area contributed by atoms with E-state index in [-0.39, 0.29) is 0 Å². The normalized spacial score (nSPS) is 9.13. The minimum atomic E-state index is 0.408. The second-order valence-corrected chi connectivity index (χ2v) is 3.79. The Morgan fingerprint density at radius 2 is 2.33 bits per heavy atom. The smallest absolute Gasteiger partial charge is 0.171 e. The molecule has 2 nitrogen and oxygen atoms in total. The topological polar surface area (TPSA) is 24.1 Å². The summed E-state index contributed by atoms with van der Waals surface area (Å²) in [6, 6.07) is 5.65. The number of rotatable bonds is 2. The SMILES string of the molecule is C#CCNC(=S)Nc1ccc(C)c(Cl)c1.